The van der Waals surface area contributed by atoms with Crippen molar-refractivity contribution in [2.75, 3.05) is 7.11 Å². The van der Waals surface area contributed by atoms with Crippen molar-refractivity contribution in [3.8, 4) is 11.8 Å². The van der Waals surface area contributed by atoms with Crippen molar-refractivity contribution in [1.82, 2.24) is 4.98 Å². The molecule has 2 N–H and O–H groups in total. The zero-order chi connectivity index (χ0) is 18.2. The van der Waals surface area contributed by atoms with Gasteiger partial charge in [-0.15, -0.1) is 0 Å². The maximum atomic E-state index is 11.5. The molecule has 25 heavy (non-hydrogen) atoms. The first-order valence-electron chi connectivity index (χ1n) is 8.60. The highest BCUT2D eigenvalue weighted by atomic mass is 16.5. The summed E-state index contributed by atoms with van der Waals surface area (Å²) in [5, 5.41) is 9.97. The molecule has 1 amide bonds. The number of rotatable bonds is 4. The monoisotopic (exact) mass is 341 g/mol. The Hall–Kier alpha value is -2.55. The number of methoxy groups -OCH3 is 1. The van der Waals surface area contributed by atoms with Gasteiger partial charge in [-0.3, -0.25) is 4.79 Å². The Bertz CT molecular complexity index is 839. The zero-order valence-electron chi connectivity index (χ0n) is 14.8. The number of amides is 1. The number of nitrogens with zero attached hydrogens (tertiary/aromatic N) is 2. The molecule has 1 saturated carbocycles. The second-order valence-corrected chi connectivity index (χ2v) is 7.07. The average Bonchev–Trinajstić information content (AvgIpc) is 3.06. The van der Waals surface area contributed by atoms with Crippen LogP contribution in [0, 0.1) is 17.2 Å². The Morgan fingerprint density at radius 3 is 2.64 bits per heavy atom. The number of oxazole rings is 1. The number of nitrogens with two attached hydrogens (primary N) is 1. The van der Waals surface area contributed by atoms with Gasteiger partial charge < -0.3 is 14.9 Å². The van der Waals surface area contributed by atoms with Gasteiger partial charge in [0.25, 0.3) is 0 Å². The smallest absolute Gasteiger partial charge is 0.220 e. The Labute approximate surface area is 147 Å². The van der Waals surface area contributed by atoms with E-state index in [1.54, 1.807) is 7.11 Å². The number of hydrogen-bond acceptors (Lipinski definition) is 5. The Morgan fingerprint density at radius 1 is 1.44 bits per heavy atom. The quantitative estimate of drug-likeness (QED) is 0.918. The molecule has 0 spiro atoms. The van der Waals surface area contributed by atoms with Crippen LogP contribution in [0.15, 0.2) is 16.5 Å². The first-order chi connectivity index (χ1) is 11.9. The average molecular weight is 341 g/mol. The highest BCUT2D eigenvalue weighted by molar-refractivity contribution is 5.84. The minimum atomic E-state index is -0.679. The van der Waals surface area contributed by atoms with Gasteiger partial charge in [-0.1, -0.05) is 19.9 Å². The van der Waals surface area contributed by atoms with Crippen LogP contribution in [-0.4, -0.2) is 18.0 Å². The molecule has 6 nitrogen and oxygen atoms in total. The largest absolute Gasteiger partial charge is 0.493 e. The molecule has 0 saturated heterocycles. The van der Waals surface area contributed by atoms with Crippen LogP contribution in [0.25, 0.3) is 11.1 Å². The van der Waals surface area contributed by atoms with E-state index in [4.69, 9.17) is 14.9 Å². The van der Waals surface area contributed by atoms with Gasteiger partial charge in [-0.05, 0) is 31.7 Å². The number of nitriles is 1. The van der Waals surface area contributed by atoms with Crippen molar-refractivity contribution >= 4 is 17.0 Å². The van der Waals surface area contributed by atoms with E-state index < -0.39 is 5.41 Å². The maximum absolute atomic E-state index is 11.5. The van der Waals surface area contributed by atoms with Crippen LogP contribution in [0.1, 0.15) is 56.9 Å². The number of carbonyl (C=O) groups excluding carboxylic acids is 1. The van der Waals surface area contributed by atoms with Crippen molar-refractivity contribution in [1.29, 1.82) is 5.26 Å². The van der Waals surface area contributed by atoms with Crippen LogP contribution in [0.3, 0.4) is 0 Å². The van der Waals surface area contributed by atoms with Crippen molar-refractivity contribution in [3.05, 3.63) is 23.6 Å². The summed E-state index contributed by atoms with van der Waals surface area (Å²) in [6, 6.07) is 6.22. The summed E-state index contributed by atoms with van der Waals surface area (Å²) < 4.78 is 11.3. The number of hydrogen-bond donors (Lipinski definition) is 1. The fraction of sp³-hybridized carbons (Fsp3) is 0.526. The summed E-state index contributed by atoms with van der Waals surface area (Å²) >= 11 is 0. The molecule has 1 aliphatic carbocycles. The normalized spacial score (nSPS) is 23.6. The number of ether oxygens (including phenoxy) is 1. The summed E-state index contributed by atoms with van der Waals surface area (Å²) in [5.41, 5.74) is 6.87. The third kappa shape index (κ3) is 2.84. The van der Waals surface area contributed by atoms with E-state index in [9.17, 15) is 10.1 Å². The molecular formula is C19H23N3O3. The van der Waals surface area contributed by atoms with Crippen molar-refractivity contribution in [2.24, 2.45) is 11.7 Å². The summed E-state index contributed by atoms with van der Waals surface area (Å²) in [6.45, 7) is 4.02. The van der Waals surface area contributed by atoms with E-state index in [2.05, 4.69) is 11.1 Å². The topological polar surface area (TPSA) is 102 Å². The van der Waals surface area contributed by atoms with Gasteiger partial charge in [0.15, 0.2) is 17.2 Å². The second-order valence-electron chi connectivity index (χ2n) is 7.07. The minimum Gasteiger partial charge on any atom is -0.493 e. The highest BCUT2D eigenvalue weighted by Crippen LogP contribution is 2.45. The van der Waals surface area contributed by atoms with Crippen LogP contribution in [0.5, 0.6) is 5.75 Å². The van der Waals surface area contributed by atoms with E-state index in [1.807, 2.05) is 26.0 Å². The fourth-order valence-corrected chi connectivity index (χ4v) is 3.63. The van der Waals surface area contributed by atoms with Crippen LogP contribution in [0.4, 0.5) is 0 Å². The number of benzene rings is 1. The molecule has 0 bridgehead atoms. The lowest BCUT2D eigenvalue weighted by Gasteiger charge is -2.34. The highest BCUT2D eigenvalue weighted by Gasteiger charge is 2.41. The number of fused-ring (bicyclic) bond motifs is 1. The number of primary amides is 1. The lowest BCUT2D eigenvalue weighted by molar-refractivity contribution is -0.122. The van der Waals surface area contributed by atoms with E-state index in [1.165, 1.54) is 0 Å². The fourth-order valence-electron chi connectivity index (χ4n) is 3.63. The third-order valence-electron chi connectivity index (χ3n) is 5.21. The van der Waals surface area contributed by atoms with E-state index in [0.717, 1.165) is 5.56 Å². The van der Waals surface area contributed by atoms with Crippen LogP contribution in [0.2, 0.25) is 0 Å². The van der Waals surface area contributed by atoms with Gasteiger partial charge in [0, 0.05) is 17.4 Å². The van der Waals surface area contributed by atoms with Gasteiger partial charge in [0.2, 0.25) is 5.91 Å². The Morgan fingerprint density at radius 2 is 2.12 bits per heavy atom. The van der Waals surface area contributed by atoms with Crippen molar-refractivity contribution in [2.45, 2.75) is 50.9 Å². The van der Waals surface area contributed by atoms with E-state index in [0.29, 0.717) is 48.4 Å². The molecule has 0 aliphatic heterocycles. The molecule has 3 rings (SSSR count). The lowest BCUT2D eigenvalue weighted by Crippen LogP contribution is -2.35. The number of aromatic nitrogens is 1. The van der Waals surface area contributed by atoms with Gasteiger partial charge in [0.05, 0.1) is 18.6 Å². The van der Waals surface area contributed by atoms with Crippen LogP contribution in [-0.2, 0) is 10.2 Å². The van der Waals surface area contributed by atoms with Crippen LogP contribution < -0.4 is 10.5 Å². The molecule has 1 fully saturated rings. The molecule has 1 heterocycles. The maximum Gasteiger partial charge on any atom is 0.220 e. The number of carbonyl (C=O) groups is 1. The summed E-state index contributed by atoms with van der Waals surface area (Å²) in [7, 11) is 1.59. The Balaban J connectivity index is 2.11. The standard InChI is InChI=1S/C19H23N3O3/c1-11(2)18-22-15-13(4-5-14(24-3)16(15)25-18)19(10-20)8-6-12(7-9-19)17(21)23/h4-5,11-12H,6-9H2,1-3H3,(H2,21,23). The molecule has 0 atom stereocenters. The first-order valence-corrected chi connectivity index (χ1v) is 8.60. The molecule has 2 aromatic rings. The van der Waals surface area contributed by atoms with Crippen molar-refractivity contribution in [3.63, 3.8) is 0 Å². The molecule has 132 valence electrons. The zero-order valence-corrected chi connectivity index (χ0v) is 14.8. The van der Waals surface area contributed by atoms with E-state index >= 15 is 0 Å². The van der Waals surface area contributed by atoms with Gasteiger partial charge in [-0.25, -0.2) is 4.98 Å². The molecule has 0 radical (unpaired) electrons. The van der Waals surface area contributed by atoms with Crippen LogP contribution >= 0.6 is 0 Å². The summed E-state index contributed by atoms with van der Waals surface area (Å²) in [4.78, 5) is 16.1. The van der Waals surface area contributed by atoms with E-state index in [-0.39, 0.29) is 17.7 Å². The lowest BCUT2D eigenvalue weighted by atomic mass is 9.67. The Kier molecular flexibility index (Phi) is 4.42. The second kappa shape index (κ2) is 6.40. The molecule has 6 heteroatoms. The van der Waals surface area contributed by atoms with Gasteiger partial charge in [0.1, 0.15) is 5.52 Å². The molecular weight excluding hydrogens is 318 g/mol. The van der Waals surface area contributed by atoms with Gasteiger partial charge >= 0.3 is 0 Å². The summed E-state index contributed by atoms with van der Waals surface area (Å²) in [5.74, 6) is 0.930. The molecule has 0 unspecified atom stereocenters. The predicted molar refractivity (Wildman–Crippen MR) is 93.1 cm³/mol. The first kappa shape index (κ1) is 17.3. The third-order valence-corrected chi connectivity index (χ3v) is 5.21. The van der Waals surface area contributed by atoms with Gasteiger partial charge in [-0.2, -0.15) is 5.26 Å². The molecule has 1 aliphatic rings. The minimum absolute atomic E-state index is 0.133. The molecule has 1 aromatic heterocycles. The SMILES string of the molecule is COc1ccc(C2(C#N)CCC(C(N)=O)CC2)c2nc(C(C)C)oc12. The van der Waals surface area contributed by atoms with Crippen molar-refractivity contribution < 1.29 is 13.9 Å². The summed E-state index contributed by atoms with van der Waals surface area (Å²) in [6.07, 6.45) is 2.40. The molecule has 1 aromatic carbocycles. The predicted octanol–water partition coefficient (Wildman–Crippen LogP) is 3.40.